The molecule has 3 aliphatic rings. The molecular weight excluding hydrogens is 368 g/mol. The fourth-order valence-corrected chi connectivity index (χ4v) is 6.84. The topological polar surface area (TPSA) is 26.3 Å². The van der Waals surface area contributed by atoms with E-state index in [1.165, 1.54) is 76.2 Å². The first kappa shape index (κ1) is 21.9. The van der Waals surface area contributed by atoms with E-state index in [-0.39, 0.29) is 11.9 Å². The van der Waals surface area contributed by atoms with E-state index in [0.29, 0.717) is 5.75 Å². The van der Waals surface area contributed by atoms with E-state index in [9.17, 15) is 4.79 Å². The van der Waals surface area contributed by atoms with Crippen LogP contribution in [0.25, 0.3) is 0 Å². The van der Waals surface area contributed by atoms with Gasteiger partial charge in [0, 0.05) is 0 Å². The minimum atomic E-state index is -0.00795. The molecule has 3 aliphatic carbocycles. The van der Waals surface area contributed by atoms with Crippen LogP contribution in [0.15, 0.2) is 24.3 Å². The van der Waals surface area contributed by atoms with E-state index in [4.69, 9.17) is 4.74 Å². The summed E-state index contributed by atoms with van der Waals surface area (Å²) in [5.41, 5.74) is 1.19. The van der Waals surface area contributed by atoms with Gasteiger partial charge in [0.05, 0.1) is 5.92 Å². The Kier molecular flexibility index (Phi) is 7.55. The van der Waals surface area contributed by atoms with E-state index in [1.807, 2.05) is 24.3 Å². The third-order valence-electron chi connectivity index (χ3n) is 8.74. The van der Waals surface area contributed by atoms with Crippen LogP contribution in [0, 0.1) is 42.4 Å². The Morgan fingerprint density at radius 1 is 0.833 bits per heavy atom. The average molecular weight is 411 g/mol. The summed E-state index contributed by atoms with van der Waals surface area (Å²) in [7, 11) is 0. The number of unbranched alkanes of at least 4 members (excludes halogenated alkanes) is 1. The number of hydrogen-bond acceptors (Lipinski definition) is 2. The Labute approximate surface area is 184 Å². The van der Waals surface area contributed by atoms with E-state index in [2.05, 4.69) is 13.8 Å². The average Bonchev–Trinajstić information content (AvgIpc) is 2.79. The van der Waals surface area contributed by atoms with Gasteiger partial charge in [-0.25, -0.2) is 0 Å². The van der Waals surface area contributed by atoms with Gasteiger partial charge in [-0.3, -0.25) is 4.79 Å². The summed E-state index contributed by atoms with van der Waals surface area (Å²) < 4.78 is 5.66. The van der Waals surface area contributed by atoms with Gasteiger partial charge >= 0.3 is 5.97 Å². The van der Waals surface area contributed by atoms with Crippen molar-refractivity contribution in [2.75, 3.05) is 0 Å². The zero-order chi connectivity index (χ0) is 20.9. The van der Waals surface area contributed by atoms with Crippen LogP contribution in [0.5, 0.6) is 5.75 Å². The maximum absolute atomic E-state index is 12.6. The minimum Gasteiger partial charge on any atom is -0.426 e. The van der Waals surface area contributed by atoms with Crippen molar-refractivity contribution in [1.29, 1.82) is 0 Å². The quantitative estimate of drug-likeness (QED) is 0.354. The van der Waals surface area contributed by atoms with Crippen molar-refractivity contribution in [1.82, 2.24) is 0 Å². The van der Waals surface area contributed by atoms with Gasteiger partial charge < -0.3 is 4.74 Å². The second kappa shape index (κ2) is 10.3. The van der Waals surface area contributed by atoms with Crippen molar-refractivity contribution in [2.45, 2.75) is 97.3 Å². The number of fused-ring (bicyclic) bond motifs is 1. The number of rotatable bonds is 6. The molecule has 2 heteroatoms. The van der Waals surface area contributed by atoms with Crippen LogP contribution in [-0.2, 0) is 4.79 Å². The van der Waals surface area contributed by atoms with Crippen molar-refractivity contribution in [2.24, 2.45) is 35.5 Å². The molecular formula is C28H42O2. The fraction of sp³-hybridized carbons (Fsp3) is 0.750. The highest BCUT2D eigenvalue weighted by Gasteiger charge is 2.39. The lowest BCUT2D eigenvalue weighted by molar-refractivity contribution is -0.140. The van der Waals surface area contributed by atoms with E-state index < -0.39 is 0 Å². The maximum Gasteiger partial charge on any atom is 0.314 e. The largest absolute Gasteiger partial charge is 0.426 e. The fourth-order valence-electron chi connectivity index (χ4n) is 6.84. The number of carbonyl (C=O) groups is 1. The van der Waals surface area contributed by atoms with Gasteiger partial charge in [-0.15, -0.1) is 0 Å². The molecule has 0 bridgehead atoms. The van der Waals surface area contributed by atoms with Gasteiger partial charge in [-0.05, 0) is 106 Å². The first-order chi connectivity index (χ1) is 14.6. The van der Waals surface area contributed by atoms with Gasteiger partial charge in [0.25, 0.3) is 0 Å². The predicted molar refractivity (Wildman–Crippen MR) is 123 cm³/mol. The molecule has 1 aromatic carbocycles. The van der Waals surface area contributed by atoms with Gasteiger partial charge in [0.1, 0.15) is 5.75 Å². The summed E-state index contributed by atoms with van der Waals surface area (Å²) in [5.74, 6) is 5.63. The summed E-state index contributed by atoms with van der Waals surface area (Å²) in [5, 5.41) is 0. The third kappa shape index (κ3) is 5.48. The summed E-state index contributed by atoms with van der Waals surface area (Å²) in [6.07, 6.45) is 17.7. The van der Waals surface area contributed by atoms with Gasteiger partial charge in [0.15, 0.2) is 0 Å². The highest BCUT2D eigenvalue weighted by Crippen LogP contribution is 2.49. The van der Waals surface area contributed by atoms with E-state index in [0.717, 1.165) is 42.4 Å². The Bertz CT molecular complexity index is 670. The zero-order valence-corrected chi connectivity index (χ0v) is 19.3. The summed E-state index contributed by atoms with van der Waals surface area (Å²) in [4.78, 5) is 12.6. The number of benzene rings is 1. The Morgan fingerprint density at radius 3 is 2.13 bits per heavy atom. The normalized spacial score (nSPS) is 34.2. The van der Waals surface area contributed by atoms with Crippen LogP contribution in [0.3, 0.4) is 0 Å². The molecule has 4 unspecified atom stereocenters. The highest BCUT2D eigenvalue weighted by atomic mass is 16.5. The van der Waals surface area contributed by atoms with Crippen molar-refractivity contribution in [3.8, 4) is 5.75 Å². The molecule has 4 rings (SSSR count). The molecule has 0 spiro atoms. The molecule has 0 heterocycles. The lowest BCUT2D eigenvalue weighted by atomic mass is 9.60. The second-order valence-electron chi connectivity index (χ2n) is 10.8. The second-order valence-corrected chi connectivity index (χ2v) is 10.8. The van der Waals surface area contributed by atoms with Crippen molar-refractivity contribution < 1.29 is 9.53 Å². The maximum atomic E-state index is 12.6. The van der Waals surface area contributed by atoms with Gasteiger partial charge in [-0.1, -0.05) is 50.3 Å². The molecule has 4 atom stereocenters. The standard InChI is InChI=1S/C28H42O2/c1-3-4-5-21-8-9-26-19-25(15-14-24(26)18-21)22-10-12-23(13-11-22)28(29)30-27-16-6-20(2)7-17-27/h6-7,16-17,21-26H,3-5,8-15,18-19H2,1-2H3. The molecule has 0 aromatic heterocycles. The molecule has 166 valence electrons. The molecule has 0 radical (unpaired) electrons. The van der Waals surface area contributed by atoms with Crippen LogP contribution in [0.1, 0.15) is 96.0 Å². The summed E-state index contributed by atoms with van der Waals surface area (Å²) in [6, 6.07) is 7.84. The molecule has 0 aliphatic heterocycles. The molecule has 2 nitrogen and oxygen atoms in total. The SMILES string of the molecule is CCCCC1CCC2CC(C3CCC(C(=O)Oc4ccc(C)cc4)CC3)CCC2C1. The Hall–Kier alpha value is -1.31. The van der Waals surface area contributed by atoms with Crippen molar-refractivity contribution >= 4 is 5.97 Å². The molecule has 30 heavy (non-hydrogen) atoms. The number of aryl methyl sites for hydroxylation is 1. The van der Waals surface area contributed by atoms with Crippen molar-refractivity contribution in [3.63, 3.8) is 0 Å². The smallest absolute Gasteiger partial charge is 0.314 e. The lowest BCUT2D eigenvalue weighted by Crippen LogP contribution is -2.35. The molecule has 3 fully saturated rings. The number of ether oxygens (including phenoxy) is 1. The molecule has 0 N–H and O–H groups in total. The summed E-state index contributed by atoms with van der Waals surface area (Å²) >= 11 is 0. The number of esters is 1. The molecule has 3 saturated carbocycles. The van der Waals surface area contributed by atoms with E-state index in [1.54, 1.807) is 0 Å². The number of hydrogen-bond donors (Lipinski definition) is 0. The third-order valence-corrected chi connectivity index (χ3v) is 8.74. The first-order valence-electron chi connectivity index (χ1n) is 12.9. The Morgan fingerprint density at radius 2 is 1.43 bits per heavy atom. The minimum absolute atomic E-state index is 0.00795. The van der Waals surface area contributed by atoms with Crippen LogP contribution in [0.4, 0.5) is 0 Å². The van der Waals surface area contributed by atoms with Crippen LogP contribution < -0.4 is 4.74 Å². The van der Waals surface area contributed by atoms with Gasteiger partial charge in [0.2, 0.25) is 0 Å². The lowest BCUT2D eigenvalue weighted by Gasteiger charge is -2.45. The van der Waals surface area contributed by atoms with Crippen LogP contribution in [0.2, 0.25) is 0 Å². The molecule has 1 aromatic rings. The van der Waals surface area contributed by atoms with Gasteiger partial charge in [-0.2, -0.15) is 0 Å². The van der Waals surface area contributed by atoms with E-state index >= 15 is 0 Å². The zero-order valence-electron chi connectivity index (χ0n) is 19.3. The van der Waals surface area contributed by atoms with Crippen LogP contribution >= 0.6 is 0 Å². The predicted octanol–water partition coefficient (Wildman–Crippen LogP) is 7.73. The number of carbonyl (C=O) groups excluding carboxylic acids is 1. The highest BCUT2D eigenvalue weighted by molar-refractivity contribution is 5.75. The van der Waals surface area contributed by atoms with Crippen LogP contribution in [-0.4, -0.2) is 5.97 Å². The monoisotopic (exact) mass is 410 g/mol. The summed E-state index contributed by atoms with van der Waals surface area (Å²) in [6.45, 7) is 4.38. The molecule has 0 saturated heterocycles. The first-order valence-corrected chi connectivity index (χ1v) is 12.9. The Balaban J connectivity index is 1.21. The molecule has 0 amide bonds. The van der Waals surface area contributed by atoms with Crippen molar-refractivity contribution in [3.05, 3.63) is 29.8 Å².